The highest BCUT2D eigenvalue weighted by molar-refractivity contribution is 4.73. The Morgan fingerprint density at radius 3 is 1.82 bits per heavy atom. The van der Waals surface area contributed by atoms with E-state index >= 15 is 0 Å². The van der Waals surface area contributed by atoms with Gasteiger partial charge in [0.15, 0.2) is 6.29 Å². The first kappa shape index (κ1) is 16.9. The topological polar surface area (TPSA) is 18.5 Å². The maximum atomic E-state index is 5.70. The van der Waals surface area contributed by atoms with Crippen LogP contribution in [0.2, 0.25) is 0 Å². The summed E-state index contributed by atoms with van der Waals surface area (Å²) in [4.78, 5) is 0. The molecule has 0 saturated carbocycles. The first-order chi connectivity index (χ1) is 8.08. The molecular weight excluding hydrogens is 212 g/mol. The molecule has 0 saturated heterocycles. The van der Waals surface area contributed by atoms with Crippen molar-refractivity contribution >= 4 is 0 Å². The molecule has 0 rings (SSSR count). The zero-order valence-corrected chi connectivity index (χ0v) is 12.6. The van der Waals surface area contributed by atoms with Gasteiger partial charge >= 0.3 is 0 Å². The van der Waals surface area contributed by atoms with E-state index in [4.69, 9.17) is 9.47 Å². The van der Waals surface area contributed by atoms with Crippen molar-refractivity contribution in [1.82, 2.24) is 0 Å². The van der Waals surface area contributed by atoms with Crippen LogP contribution in [0.1, 0.15) is 73.1 Å². The molecule has 0 unspecified atom stereocenters. The number of rotatable bonds is 11. The van der Waals surface area contributed by atoms with Gasteiger partial charge < -0.3 is 9.47 Å². The fourth-order valence-corrected chi connectivity index (χ4v) is 2.10. The lowest BCUT2D eigenvalue weighted by Gasteiger charge is -2.33. The van der Waals surface area contributed by atoms with Crippen LogP contribution < -0.4 is 0 Å². The van der Waals surface area contributed by atoms with Gasteiger partial charge in [0.2, 0.25) is 0 Å². The normalized spacial score (nSPS) is 12.4. The van der Waals surface area contributed by atoms with Crippen molar-refractivity contribution in [1.29, 1.82) is 0 Å². The predicted molar refractivity (Wildman–Crippen MR) is 74.2 cm³/mol. The van der Waals surface area contributed by atoms with Gasteiger partial charge in [0, 0.05) is 18.6 Å². The van der Waals surface area contributed by atoms with Crippen LogP contribution in [0.3, 0.4) is 0 Å². The van der Waals surface area contributed by atoms with E-state index in [-0.39, 0.29) is 11.7 Å². The minimum atomic E-state index is -0.0522. The summed E-state index contributed by atoms with van der Waals surface area (Å²) in [5.74, 6) is 0. The van der Waals surface area contributed by atoms with Crippen LogP contribution in [0.25, 0.3) is 0 Å². The average molecular weight is 244 g/mol. The third-order valence-corrected chi connectivity index (χ3v) is 3.20. The molecule has 0 aliphatic rings. The van der Waals surface area contributed by atoms with Crippen LogP contribution in [0, 0.1) is 5.41 Å². The zero-order valence-electron chi connectivity index (χ0n) is 12.6. The minimum absolute atomic E-state index is 0.0522. The fraction of sp³-hybridized carbons (Fsp3) is 1.00. The van der Waals surface area contributed by atoms with Gasteiger partial charge in [0.1, 0.15) is 0 Å². The Hall–Kier alpha value is -0.0800. The lowest BCUT2D eigenvalue weighted by molar-refractivity contribution is -0.196. The third-order valence-electron chi connectivity index (χ3n) is 3.20. The number of ether oxygens (including phenoxy) is 2. The second kappa shape index (κ2) is 9.90. The summed E-state index contributed by atoms with van der Waals surface area (Å²) in [7, 11) is 0. The summed E-state index contributed by atoms with van der Waals surface area (Å²) in [6.07, 6.45) is 7.78. The second-order valence-electron chi connectivity index (χ2n) is 5.40. The summed E-state index contributed by atoms with van der Waals surface area (Å²) in [5.41, 5.74) is 0.123. The van der Waals surface area contributed by atoms with Crippen LogP contribution in [0.15, 0.2) is 0 Å². The number of hydrogen-bond donors (Lipinski definition) is 0. The van der Waals surface area contributed by atoms with Crippen LogP contribution in [0.5, 0.6) is 0 Å². The number of unbranched alkanes of at least 4 members (excludes halogenated alkanes) is 4. The summed E-state index contributed by atoms with van der Waals surface area (Å²) < 4.78 is 11.4. The lowest BCUT2D eigenvalue weighted by atomic mass is 9.86. The largest absolute Gasteiger partial charge is 0.352 e. The Labute approximate surface area is 108 Å². The molecule has 104 valence electrons. The highest BCUT2D eigenvalue weighted by Crippen LogP contribution is 2.31. The van der Waals surface area contributed by atoms with Crippen molar-refractivity contribution in [3.63, 3.8) is 0 Å². The molecule has 2 nitrogen and oxygen atoms in total. The second-order valence-corrected chi connectivity index (χ2v) is 5.40. The zero-order chi connectivity index (χ0) is 13.1. The fourth-order valence-electron chi connectivity index (χ4n) is 2.10. The Kier molecular flexibility index (Phi) is 9.85. The highest BCUT2D eigenvalue weighted by Gasteiger charge is 2.30. The van der Waals surface area contributed by atoms with Crippen molar-refractivity contribution in [3.8, 4) is 0 Å². The molecule has 0 aromatic heterocycles. The van der Waals surface area contributed by atoms with E-state index in [1.165, 1.54) is 38.5 Å². The van der Waals surface area contributed by atoms with Gasteiger partial charge in [0.05, 0.1) is 0 Å². The summed E-state index contributed by atoms with van der Waals surface area (Å²) in [6, 6.07) is 0. The monoisotopic (exact) mass is 244 g/mol. The molecule has 2 heteroatoms. The maximum Gasteiger partial charge on any atom is 0.162 e. The molecule has 0 aliphatic carbocycles. The molecule has 0 aliphatic heterocycles. The van der Waals surface area contributed by atoms with Crippen LogP contribution >= 0.6 is 0 Å². The standard InChI is InChI=1S/C15H32O2/c1-6-9-10-11-12-13-15(4,5)14(16-7-2)17-8-3/h14H,6-13H2,1-5H3. The highest BCUT2D eigenvalue weighted by atomic mass is 16.7. The van der Waals surface area contributed by atoms with E-state index in [2.05, 4.69) is 20.8 Å². The molecule has 0 bridgehead atoms. The molecule has 0 amide bonds. The van der Waals surface area contributed by atoms with Crippen LogP contribution in [-0.2, 0) is 9.47 Å². The van der Waals surface area contributed by atoms with E-state index in [1.807, 2.05) is 13.8 Å². The SMILES string of the molecule is CCCCCCCC(C)(C)C(OCC)OCC. The maximum absolute atomic E-state index is 5.70. The van der Waals surface area contributed by atoms with Crippen LogP contribution in [-0.4, -0.2) is 19.5 Å². The van der Waals surface area contributed by atoms with Gasteiger partial charge in [-0.1, -0.05) is 52.9 Å². The predicted octanol–water partition coefficient (Wildman–Crippen LogP) is 4.77. The molecule has 0 radical (unpaired) electrons. The smallest absolute Gasteiger partial charge is 0.162 e. The average Bonchev–Trinajstić information content (AvgIpc) is 2.28. The molecule has 17 heavy (non-hydrogen) atoms. The van der Waals surface area contributed by atoms with Gasteiger partial charge in [-0.15, -0.1) is 0 Å². The Morgan fingerprint density at radius 1 is 0.824 bits per heavy atom. The van der Waals surface area contributed by atoms with Gasteiger partial charge in [-0.25, -0.2) is 0 Å². The van der Waals surface area contributed by atoms with Gasteiger partial charge in [-0.2, -0.15) is 0 Å². The van der Waals surface area contributed by atoms with E-state index < -0.39 is 0 Å². The van der Waals surface area contributed by atoms with Crippen molar-refractivity contribution in [2.24, 2.45) is 5.41 Å². The molecule has 0 aromatic carbocycles. The van der Waals surface area contributed by atoms with E-state index in [0.717, 1.165) is 13.2 Å². The molecular formula is C15H32O2. The molecule has 0 spiro atoms. The van der Waals surface area contributed by atoms with E-state index in [0.29, 0.717) is 0 Å². The Bertz CT molecular complexity index is 160. The number of hydrogen-bond acceptors (Lipinski definition) is 2. The molecule has 0 aromatic rings. The van der Waals surface area contributed by atoms with Gasteiger partial charge in [-0.3, -0.25) is 0 Å². The lowest BCUT2D eigenvalue weighted by Crippen LogP contribution is -2.34. The summed E-state index contributed by atoms with van der Waals surface area (Å²) in [6.45, 7) is 12.3. The first-order valence-corrected chi connectivity index (χ1v) is 7.31. The summed E-state index contributed by atoms with van der Waals surface area (Å²) in [5, 5.41) is 0. The first-order valence-electron chi connectivity index (χ1n) is 7.31. The van der Waals surface area contributed by atoms with E-state index in [9.17, 15) is 0 Å². The van der Waals surface area contributed by atoms with Crippen molar-refractivity contribution in [2.75, 3.05) is 13.2 Å². The molecule has 0 fully saturated rings. The van der Waals surface area contributed by atoms with Crippen molar-refractivity contribution in [2.45, 2.75) is 79.4 Å². The van der Waals surface area contributed by atoms with Crippen LogP contribution in [0.4, 0.5) is 0 Å². The molecule has 0 heterocycles. The van der Waals surface area contributed by atoms with Gasteiger partial charge in [-0.05, 0) is 20.3 Å². The molecule has 0 N–H and O–H groups in total. The Morgan fingerprint density at radius 2 is 1.35 bits per heavy atom. The van der Waals surface area contributed by atoms with Crippen molar-refractivity contribution in [3.05, 3.63) is 0 Å². The van der Waals surface area contributed by atoms with E-state index in [1.54, 1.807) is 0 Å². The Balaban J connectivity index is 3.94. The minimum Gasteiger partial charge on any atom is -0.352 e. The van der Waals surface area contributed by atoms with Gasteiger partial charge in [0.25, 0.3) is 0 Å². The van der Waals surface area contributed by atoms with Crippen molar-refractivity contribution < 1.29 is 9.47 Å². The third kappa shape index (κ3) is 7.77. The quantitative estimate of drug-likeness (QED) is 0.385. The summed E-state index contributed by atoms with van der Waals surface area (Å²) >= 11 is 0. The molecule has 0 atom stereocenters.